The third-order valence-electron chi connectivity index (χ3n) is 2.64. The first-order chi connectivity index (χ1) is 10.0. The van der Waals surface area contributed by atoms with E-state index in [9.17, 15) is 13.6 Å². The topological polar surface area (TPSA) is 54.0 Å². The summed E-state index contributed by atoms with van der Waals surface area (Å²) in [5.41, 5.74) is 0.323. The Morgan fingerprint density at radius 1 is 1.29 bits per heavy atom. The quantitative estimate of drug-likeness (QED) is 0.905. The molecule has 1 aromatic carbocycles. The van der Waals surface area contributed by atoms with E-state index in [1.54, 1.807) is 0 Å². The number of amides is 1. The van der Waals surface area contributed by atoms with Crippen LogP contribution in [0.3, 0.4) is 0 Å². The summed E-state index contributed by atoms with van der Waals surface area (Å²) in [5.74, 6) is -2.06. The summed E-state index contributed by atoms with van der Waals surface area (Å²) < 4.78 is 25.9. The van der Waals surface area contributed by atoms with Gasteiger partial charge in [0, 0.05) is 24.5 Å². The number of nitrogens with one attached hydrogen (secondary N) is 2. The predicted molar refractivity (Wildman–Crippen MR) is 77.7 cm³/mol. The van der Waals surface area contributed by atoms with E-state index >= 15 is 0 Å². The average molecular weight is 312 g/mol. The van der Waals surface area contributed by atoms with Crippen molar-refractivity contribution in [3.8, 4) is 0 Å². The maximum absolute atomic E-state index is 13.1. The molecule has 2 N–H and O–H groups in total. The Kier molecular flexibility index (Phi) is 4.70. The van der Waals surface area contributed by atoms with E-state index in [-0.39, 0.29) is 16.3 Å². The Labute approximate surface area is 125 Å². The normalized spacial score (nSPS) is 10.3. The molecular weight excluding hydrogens is 300 g/mol. The zero-order valence-electron chi connectivity index (χ0n) is 11.1. The fourth-order valence-electron chi connectivity index (χ4n) is 1.66. The van der Waals surface area contributed by atoms with Gasteiger partial charge in [-0.3, -0.25) is 4.79 Å². The van der Waals surface area contributed by atoms with Crippen molar-refractivity contribution in [2.75, 3.05) is 17.2 Å². The van der Waals surface area contributed by atoms with E-state index < -0.39 is 17.5 Å². The molecule has 0 aliphatic heterocycles. The van der Waals surface area contributed by atoms with E-state index in [0.717, 1.165) is 12.1 Å². The van der Waals surface area contributed by atoms with Crippen molar-refractivity contribution in [3.63, 3.8) is 0 Å². The van der Waals surface area contributed by atoms with Gasteiger partial charge in [-0.1, -0.05) is 11.6 Å². The van der Waals surface area contributed by atoms with Crippen molar-refractivity contribution in [1.82, 2.24) is 4.98 Å². The van der Waals surface area contributed by atoms with Gasteiger partial charge in [-0.25, -0.2) is 13.8 Å². The number of halogens is 3. The highest BCUT2D eigenvalue weighted by Gasteiger charge is 2.13. The van der Waals surface area contributed by atoms with E-state index in [1.165, 1.54) is 18.3 Å². The molecule has 0 spiro atoms. The minimum absolute atomic E-state index is 0.136. The predicted octanol–water partition coefficient (Wildman–Crippen LogP) is 3.70. The van der Waals surface area contributed by atoms with Gasteiger partial charge in [0.15, 0.2) is 11.6 Å². The molecule has 0 aliphatic rings. The molecule has 0 unspecified atom stereocenters. The summed E-state index contributed by atoms with van der Waals surface area (Å²) in [4.78, 5) is 16.1. The van der Waals surface area contributed by atoms with Crippen LogP contribution in [0.15, 0.2) is 30.5 Å². The standard InChI is InChI=1S/C14H12ClF2N3O/c1-2-18-13-6-9(10(15)7-19-13)14(21)20-8-3-4-11(16)12(17)5-8/h3-7H,2H2,1H3,(H,18,19)(H,20,21). The first kappa shape index (κ1) is 15.2. The smallest absolute Gasteiger partial charge is 0.257 e. The lowest BCUT2D eigenvalue weighted by Crippen LogP contribution is -2.14. The second-order valence-corrected chi connectivity index (χ2v) is 4.57. The van der Waals surface area contributed by atoms with Crippen molar-refractivity contribution < 1.29 is 13.6 Å². The minimum Gasteiger partial charge on any atom is -0.370 e. The molecule has 2 aromatic rings. The summed E-state index contributed by atoms with van der Waals surface area (Å²) in [6.07, 6.45) is 1.35. The highest BCUT2D eigenvalue weighted by molar-refractivity contribution is 6.34. The highest BCUT2D eigenvalue weighted by Crippen LogP contribution is 2.20. The molecule has 7 heteroatoms. The molecule has 1 amide bonds. The van der Waals surface area contributed by atoms with Crippen LogP contribution in [0.25, 0.3) is 0 Å². The monoisotopic (exact) mass is 311 g/mol. The molecule has 0 saturated heterocycles. The molecule has 0 radical (unpaired) electrons. The number of benzene rings is 1. The first-order valence-corrected chi connectivity index (χ1v) is 6.55. The molecular formula is C14H12ClF2N3O. The molecule has 110 valence electrons. The third kappa shape index (κ3) is 3.66. The van der Waals surface area contributed by atoms with Crippen molar-refractivity contribution in [2.45, 2.75) is 6.92 Å². The Bertz CT molecular complexity index is 679. The number of nitrogens with zero attached hydrogens (tertiary/aromatic N) is 1. The summed E-state index contributed by atoms with van der Waals surface area (Å²) in [7, 11) is 0. The molecule has 0 bridgehead atoms. The molecule has 0 fully saturated rings. The van der Waals surface area contributed by atoms with Gasteiger partial charge < -0.3 is 10.6 Å². The van der Waals surface area contributed by atoms with Gasteiger partial charge in [0.25, 0.3) is 5.91 Å². The molecule has 1 aromatic heterocycles. The highest BCUT2D eigenvalue weighted by atomic mass is 35.5. The van der Waals surface area contributed by atoms with Gasteiger partial charge in [-0.05, 0) is 25.1 Å². The largest absolute Gasteiger partial charge is 0.370 e. The number of rotatable bonds is 4. The van der Waals surface area contributed by atoms with Crippen molar-refractivity contribution in [1.29, 1.82) is 0 Å². The molecule has 0 saturated carbocycles. The van der Waals surface area contributed by atoms with Gasteiger partial charge >= 0.3 is 0 Å². The van der Waals surface area contributed by atoms with E-state index in [4.69, 9.17) is 11.6 Å². The van der Waals surface area contributed by atoms with E-state index in [1.807, 2.05) is 6.92 Å². The Balaban J connectivity index is 2.23. The summed E-state index contributed by atoms with van der Waals surface area (Å²) >= 11 is 5.93. The maximum Gasteiger partial charge on any atom is 0.257 e. The molecule has 1 heterocycles. The Hall–Kier alpha value is -2.21. The van der Waals surface area contributed by atoms with Gasteiger partial charge in [0.05, 0.1) is 10.6 Å². The molecule has 0 aliphatic carbocycles. The average Bonchev–Trinajstić information content (AvgIpc) is 2.45. The molecule has 21 heavy (non-hydrogen) atoms. The Morgan fingerprint density at radius 2 is 2.05 bits per heavy atom. The minimum atomic E-state index is -1.04. The number of hydrogen-bond acceptors (Lipinski definition) is 3. The van der Waals surface area contributed by atoms with E-state index in [2.05, 4.69) is 15.6 Å². The van der Waals surface area contributed by atoms with Crippen LogP contribution in [-0.4, -0.2) is 17.4 Å². The fourth-order valence-corrected chi connectivity index (χ4v) is 1.85. The van der Waals surface area contributed by atoms with Crippen LogP contribution in [0.4, 0.5) is 20.3 Å². The Morgan fingerprint density at radius 3 is 2.71 bits per heavy atom. The molecule has 2 rings (SSSR count). The van der Waals surface area contributed by atoms with Crippen LogP contribution < -0.4 is 10.6 Å². The summed E-state index contributed by atoms with van der Waals surface area (Å²) in [6.45, 7) is 2.52. The van der Waals surface area contributed by atoms with Crippen LogP contribution in [-0.2, 0) is 0 Å². The number of carbonyl (C=O) groups is 1. The molecule has 4 nitrogen and oxygen atoms in total. The van der Waals surface area contributed by atoms with E-state index in [0.29, 0.717) is 12.4 Å². The number of aromatic nitrogens is 1. The zero-order chi connectivity index (χ0) is 15.4. The number of carbonyl (C=O) groups excluding carboxylic acids is 1. The van der Waals surface area contributed by atoms with Crippen LogP contribution in [0.2, 0.25) is 5.02 Å². The van der Waals surface area contributed by atoms with Gasteiger partial charge in [-0.15, -0.1) is 0 Å². The number of hydrogen-bond donors (Lipinski definition) is 2. The number of pyridine rings is 1. The maximum atomic E-state index is 13.1. The number of anilines is 2. The van der Waals surface area contributed by atoms with Gasteiger partial charge in [0.2, 0.25) is 0 Å². The lowest BCUT2D eigenvalue weighted by atomic mass is 10.2. The van der Waals surface area contributed by atoms with Crippen LogP contribution in [0.5, 0.6) is 0 Å². The van der Waals surface area contributed by atoms with Crippen LogP contribution in [0.1, 0.15) is 17.3 Å². The van der Waals surface area contributed by atoms with Crippen LogP contribution in [0, 0.1) is 11.6 Å². The lowest BCUT2D eigenvalue weighted by Gasteiger charge is -2.09. The summed E-state index contributed by atoms with van der Waals surface area (Å²) in [6, 6.07) is 4.58. The van der Waals surface area contributed by atoms with Gasteiger partial charge in [0.1, 0.15) is 5.82 Å². The summed E-state index contributed by atoms with van der Waals surface area (Å²) in [5, 5.41) is 5.57. The lowest BCUT2D eigenvalue weighted by molar-refractivity contribution is 0.102. The van der Waals surface area contributed by atoms with Gasteiger partial charge in [-0.2, -0.15) is 0 Å². The second kappa shape index (κ2) is 6.49. The fraction of sp³-hybridized carbons (Fsp3) is 0.143. The zero-order valence-corrected chi connectivity index (χ0v) is 11.8. The van der Waals surface area contributed by atoms with Crippen molar-refractivity contribution >= 4 is 29.0 Å². The SMILES string of the molecule is CCNc1cc(C(=O)Nc2ccc(F)c(F)c2)c(Cl)cn1. The second-order valence-electron chi connectivity index (χ2n) is 4.16. The third-order valence-corrected chi connectivity index (χ3v) is 2.94. The molecule has 0 atom stereocenters. The van der Waals surface area contributed by atoms with Crippen molar-refractivity contribution in [2.24, 2.45) is 0 Å². The van der Waals surface area contributed by atoms with Crippen LogP contribution >= 0.6 is 11.6 Å². The first-order valence-electron chi connectivity index (χ1n) is 6.17. The van der Waals surface area contributed by atoms with Crippen molar-refractivity contribution in [3.05, 3.63) is 52.7 Å².